The molecule has 3 heterocycles. The topological polar surface area (TPSA) is 106 Å². The number of nitrogens with zero attached hydrogens (tertiary/aromatic N) is 4. The maximum absolute atomic E-state index is 14.6. The molecule has 0 spiro atoms. The molecule has 34 heavy (non-hydrogen) atoms. The van der Waals surface area contributed by atoms with E-state index in [-0.39, 0.29) is 23.0 Å². The van der Waals surface area contributed by atoms with Crippen molar-refractivity contribution in [2.45, 2.75) is 32.0 Å². The Bertz CT molecular complexity index is 1480. The summed E-state index contributed by atoms with van der Waals surface area (Å²) in [6.45, 7) is 2.30. The second-order valence-electron chi connectivity index (χ2n) is 8.33. The number of benzene rings is 2. The summed E-state index contributed by atoms with van der Waals surface area (Å²) in [5.41, 5.74) is 3.70. The Morgan fingerprint density at radius 1 is 1.24 bits per heavy atom. The third-order valence-corrected chi connectivity index (χ3v) is 5.89. The first-order chi connectivity index (χ1) is 16.5. The zero-order valence-electron chi connectivity index (χ0n) is 17.9. The fourth-order valence-corrected chi connectivity index (χ4v) is 3.82. The summed E-state index contributed by atoms with van der Waals surface area (Å²) in [6.07, 6.45) is 2.43. The van der Waals surface area contributed by atoms with Crippen LogP contribution in [-0.4, -0.2) is 33.4 Å². The van der Waals surface area contributed by atoms with Gasteiger partial charge in [-0.2, -0.15) is 4.98 Å². The Balaban J connectivity index is 1.24. The molecule has 0 radical (unpaired) electrons. The number of carbonyl (C=O) groups is 1. The molecule has 0 bridgehead atoms. The maximum atomic E-state index is 14.6. The molecule has 1 aliphatic carbocycles. The molecule has 0 saturated heterocycles. The SMILES string of the molecule is Cc1cc(F)c(-c2noc([C@H]3C[C@@H]3F)n2)cc1NC(=O)c1cnc(-c2ccc3c(c2)C=NC3)o1. The number of anilines is 1. The smallest absolute Gasteiger partial charge is 0.293 e. The van der Waals surface area contributed by atoms with E-state index in [1.807, 2.05) is 18.2 Å². The Labute approximate surface area is 191 Å². The summed E-state index contributed by atoms with van der Waals surface area (Å²) in [5.74, 6) is -1.14. The molecule has 1 N–H and O–H groups in total. The summed E-state index contributed by atoms with van der Waals surface area (Å²) in [6, 6.07) is 8.39. The van der Waals surface area contributed by atoms with Crippen molar-refractivity contribution in [3.8, 4) is 22.8 Å². The highest BCUT2D eigenvalue weighted by molar-refractivity contribution is 6.03. The van der Waals surface area contributed by atoms with E-state index < -0.39 is 23.8 Å². The minimum absolute atomic E-state index is 0.000918. The zero-order valence-corrected chi connectivity index (χ0v) is 17.9. The highest BCUT2D eigenvalue weighted by Gasteiger charge is 2.43. The lowest BCUT2D eigenvalue weighted by Gasteiger charge is -2.09. The van der Waals surface area contributed by atoms with Crippen molar-refractivity contribution in [2.75, 3.05) is 5.32 Å². The van der Waals surface area contributed by atoms with Gasteiger partial charge in [-0.05, 0) is 54.3 Å². The monoisotopic (exact) mass is 461 g/mol. The molecule has 6 rings (SSSR count). The number of amides is 1. The van der Waals surface area contributed by atoms with Crippen molar-refractivity contribution in [3.63, 3.8) is 0 Å². The van der Waals surface area contributed by atoms with E-state index in [9.17, 15) is 13.6 Å². The van der Waals surface area contributed by atoms with Gasteiger partial charge in [-0.15, -0.1) is 0 Å². The van der Waals surface area contributed by atoms with Gasteiger partial charge in [-0.25, -0.2) is 13.8 Å². The van der Waals surface area contributed by atoms with Crippen LogP contribution in [0.2, 0.25) is 0 Å². The fourth-order valence-electron chi connectivity index (χ4n) is 3.82. The number of oxazole rings is 1. The Hall–Kier alpha value is -4.21. The number of aromatic nitrogens is 3. The van der Waals surface area contributed by atoms with E-state index in [0.29, 0.717) is 30.1 Å². The van der Waals surface area contributed by atoms with Crippen molar-refractivity contribution in [3.05, 3.63) is 70.7 Å². The Kier molecular flexibility index (Phi) is 4.61. The molecular weight excluding hydrogens is 444 g/mol. The van der Waals surface area contributed by atoms with Crippen molar-refractivity contribution in [1.29, 1.82) is 0 Å². The summed E-state index contributed by atoms with van der Waals surface area (Å²) in [5, 5.41) is 6.48. The van der Waals surface area contributed by atoms with Crippen LogP contribution in [0.4, 0.5) is 14.5 Å². The van der Waals surface area contributed by atoms with Crippen LogP contribution in [-0.2, 0) is 6.54 Å². The quantitative estimate of drug-likeness (QED) is 0.455. The average molecular weight is 461 g/mol. The lowest BCUT2D eigenvalue weighted by atomic mass is 10.1. The van der Waals surface area contributed by atoms with Crippen molar-refractivity contribution in [2.24, 2.45) is 4.99 Å². The molecule has 2 aliphatic rings. The number of hydrogen-bond acceptors (Lipinski definition) is 7. The molecule has 10 heteroatoms. The van der Waals surface area contributed by atoms with Crippen LogP contribution in [0.1, 0.15) is 45.5 Å². The fraction of sp³-hybridized carbons (Fsp3) is 0.208. The van der Waals surface area contributed by atoms with E-state index >= 15 is 0 Å². The number of hydrogen-bond donors (Lipinski definition) is 1. The molecule has 1 amide bonds. The number of nitrogens with one attached hydrogen (secondary N) is 1. The minimum Gasteiger partial charge on any atom is -0.431 e. The molecule has 1 fully saturated rings. The van der Waals surface area contributed by atoms with Gasteiger partial charge in [-0.1, -0.05) is 11.2 Å². The van der Waals surface area contributed by atoms with Gasteiger partial charge in [0.25, 0.3) is 5.91 Å². The first-order valence-corrected chi connectivity index (χ1v) is 10.6. The predicted molar refractivity (Wildman–Crippen MR) is 118 cm³/mol. The second kappa shape index (κ2) is 7.68. The van der Waals surface area contributed by atoms with E-state index in [4.69, 9.17) is 8.94 Å². The minimum atomic E-state index is -1.01. The highest BCUT2D eigenvalue weighted by Crippen LogP contribution is 2.43. The van der Waals surface area contributed by atoms with Gasteiger partial charge in [0.05, 0.1) is 24.2 Å². The molecule has 2 aromatic carbocycles. The molecule has 4 aromatic rings. The molecule has 170 valence electrons. The van der Waals surface area contributed by atoms with Gasteiger partial charge >= 0.3 is 0 Å². The molecule has 2 aromatic heterocycles. The van der Waals surface area contributed by atoms with Crippen molar-refractivity contribution in [1.82, 2.24) is 15.1 Å². The third kappa shape index (κ3) is 3.57. The van der Waals surface area contributed by atoms with Crippen LogP contribution >= 0.6 is 0 Å². The largest absolute Gasteiger partial charge is 0.431 e. The van der Waals surface area contributed by atoms with Crippen LogP contribution in [0.15, 0.2) is 50.5 Å². The highest BCUT2D eigenvalue weighted by atomic mass is 19.1. The second-order valence-corrected chi connectivity index (χ2v) is 8.33. The van der Waals surface area contributed by atoms with Gasteiger partial charge in [-0.3, -0.25) is 9.79 Å². The number of aliphatic imine (C=N–C) groups is 1. The number of rotatable bonds is 5. The molecule has 1 aliphatic heterocycles. The van der Waals surface area contributed by atoms with Gasteiger partial charge in [0.15, 0.2) is 0 Å². The Morgan fingerprint density at radius 3 is 2.91 bits per heavy atom. The van der Waals surface area contributed by atoms with Crippen molar-refractivity contribution >= 4 is 17.8 Å². The number of aryl methyl sites for hydroxylation is 1. The van der Waals surface area contributed by atoms with E-state index in [1.54, 1.807) is 13.1 Å². The first kappa shape index (κ1) is 20.4. The number of carbonyl (C=O) groups excluding carboxylic acids is 1. The average Bonchev–Trinajstić information content (AvgIpc) is 3.30. The molecule has 0 unspecified atom stereocenters. The van der Waals surface area contributed by atoms with Gasteiger partial charge in [0, 0.05) is 17.5 Å². The normalized spacial score (nSPS) is 18.2. The van der Waals surface area contributed by atoms with E-state index in [2.05, 4.69) is 25.4 Å². The Morgan fingerprint density at radius 2 is 2.09 bits per heavy atom. The van der Waals surface area contributed by atoms with E-state index in [0.717, 1.165) is 16.7 Å². The molecule has 8 nitrogen and oxygen atoms in total. The predicted octanol–water partition coefficient (Wildman–Crippen LogP) is 4.85. The summed E-state index contributed by atoms with van der Waals surface area (Å²) < 4.78 is 38.6. The molecule has 2 atom stereocenters. The number of alkyl halides is 1. The van der Waals surface area contributed by atoms with Gasteiger partial charge < -0.3 is 14.3 Å². The van der Waals surface area contributed by atoms with Crippen LogP contribution in [0.25, 0.3) is 22.8 Å². The van der Waals surface area contributed by atoms with E-state index in [1.165, 1.54) is 18.3 Å². The van der Waals surface area contributed by atoms with Crippen molar-refractivity contribution < 1.29 is 22.5 Å². The first-order valence-electron chi connectivity index (χ1n) is 10.6. The zero-order chi connectivity index (χ0) is 23.4. The summed E-state index contributed by atoms with van der Waals surface area (Å²) in [4.78, 5) is 25.4. The third-order valence-electron chi connectivity index (χ3n) is 5.89. The number of fused-ring (bicyclic) bond motifs is 1. The van der Waals surface area contributed by atoms with Crippen LogP contribution in [0, 0.1) is 12.7 Å². The summed E-state index contributed by atoms with van der Waals surface area (Å²) in [7, 11) is 0. The lowest BCUT2D eigenvalue weighted by Crippen LogP contribution is -2.12. The van der Waals surface area contributed by atoms with Crippen LogP contribution in [0.5, 0.6) is 0 Å². The lowest BCUT2D eigenvalue weighted by molar-refractivity contribution is 0.0997. The van der Waals surface area contributed by atoms with Gasteiger partial charge in [0.1, 0.15) is 12.0 Å². The molecular formula is C24H17F2N5O3. The van der Waals surface area contributed by atoms with Gasteiger partial charge in [0.2, 0.25) is 23.4 Å². The standard InChI is InChI=1S/C24H17F2N5O3/c1-11-4-17(25)15(21-30-24(34-31-21)16-6-18(16)26)7-19(11)29-22(32)20-10-28-23(33-20)12-2-3-13-8-27-9-14(13)5-12/h2-5,7,9-10,16,18H,6,8H2,1H3,(H,29,32)/t16-,18-/m0/s1. The summed E-state index contributed by atoms with van der Waals surface area (Å²) >= 11 is 0. The maximum Gasteiger partial charge on any atom is 0.293 e. The van der Waals surface area contributed by atoms with Crippen LogP contribution < -0.4 is 5.32 Å². The van der Waals surface area contributed by atoms with Crippen LogP contribution in [0.3, 0.4) is 0 Å². The molecule has 1 saturated carbocycles. The number of halogens is 2.